The minimum Gasteiger partial charge on any atom is -0.481 e. The molecule has 1 atom stereocenters. The molecule has 1 aliphatic carbocycles. The molecule has 132 valence electrons. The number of nitrogens with zero attached hydrogens (tertiary/aromatic N) is 1. The van der Waals surface area contributed by atoms with Crippen molar-refractivity contribution in [1.29, 1.82) is 0 Å². The van der Waals surface area contributed by atoms with Crippen LogP contribution in [0.5, 0.6) is 5.88 Å². The highest BCUT2D eigenvalue weighted by atomic mass is 19.1. The number of carbonyl (C=O) groups excluding carboxylic acids is 1. The summed E-state index contributed by atoms with van der Waals surface area (Å²) >= 11 is 0. The molecule has 1 aromatic carbocycles. The number of nitrogens with one attached hydrogen (secondary N) is 1. The van der Waals surface area contributed by atoms with Crippen molar-refractivity contribution in [2.75, 3.05) is 13.7 Å². The normalized spacial score (nSPS) is 15.0. The van der Waals surface area contributed by atoms with E-state index in [0.29, 0.717) is 18.3 Å². The number of halogens is 1. The van der Waals surface area contributed by atoms with Crippen LogP contribution in [0, 0.1) is 5.82 Å². The summed E-state index contributed by atoms with van der Waals surface area (Å²) in [4.78, 5) is 16.7. The van der Waals surface area contributed by atoms with Gasteiger partial charge >= 0.3 is 0 Å². The number of methoxy groups -OCH3 is 1. The molecule has 0 amide bonds. The van der Waals surface area contributed by atoms with Gasteiger partial charge in [-0.25, -0.2) is 9.37 Å². The first-order valence-electron chi connectivity index (χ1n) is 8.60. The maximum atomic E-state index is 13.0. The number of hydrogen-bond acceptors (Lipinski definition) is 4. The van der Waals surface area contributed by atoms with Gasteiger partial charge < -0.3 is 10.1 Å². The number of rotatable bonds is 8. The second-order valence-electron chi connectivity index (χ2n) is 6.55. The van der Waals surface area contributed by atoms with Crippen LogP contribution in [0.4, 0.5) is 4.39 Å². The van der Waals surface area contributed by atoms with Gasteiger partial charge in [0.25, 0.3) is 0 Å². The highest BCUT2D eigenvalue weighted by Crippen LogP contribution is 2.40. The third-order valence-electron chi connectivity index (χ3n) is 4.66. The first-order valence-corrected chi connectivity index (χ1v) is 8.60. The summed E-state index contributed by atoms with van der Waals surface area (Å²) in [6.45, 7) is 2.61. The molecule has 1 saturated carbocycles. The van der Waals surface area contributed by atoms with Gasteiger partial charge in [0.15, 0.2) is 5.78 Å². The van der Waals surface area contributed by atoms with Gasteiger partial charge in [-0.15, -0.1) is 0 Å². The molecule has 1 heterocycles. The lowest BCUT2D eigenvalue weighted by atomic mass is 9.96. The predicted molar refractivity (Wildman–Crippen MR) is 94.3 cm³/mol. The monoisotopic (exact) mass is 342 g/mol. The molecule has 1 aromatic heterocycles. The summed E-state index contributed by atoms with van der Waals surface area (Å²) in [5.74, 6) is 0.715. The molecule has 0 saturated heterocycles. The minimum atomic E-state index is -0.295. The standard InChI is InChI=1S/C20H23FN2O2/c1-13(14-5-7-18(21)8-6-14)19(24)12-22-10-17-9-16(15-3-4-15)11-23-20(17)25-2/h5-9,11,13,15,22H,3-4,10,12H2,1-2H3/t13-/m0/s1. The van der Waals surface area contributed by atoms with Crippen LogP contribution in [0.15, 0.2) is 36.5 Å². The van der Waals surface area contributed by atoms with E-state index in [0.717, 1.165) is 11.1 Å². The number of ether oxygens (including phenoxy) is 1. The van der Waals surface area contributed by atoms with Crippen LogP contribution in [-0.2, 0) is 11.3 Å². The van der Waals surface area contributed by atoms with Gasteiger partial charge in [-0.1, -0.05) is 19.1 Å². The Morgan fingerprint density at radius 2 is 2.08 bits per heavy atom. The number of benzene rings is 1. The van der Waals surface area contributed by atoms with Crippen LogP contribution in [0.1, 0.15) is 48.3 Å². The van der Waals surface area contributed by atoms with Crippen molar-refractivity contribution in [2.24, 2.45) is 0 Å². The van der Waals surface area contributed by atoms with Gasteiger partial charge in [-0.3, -0.25) is 4.79 Å². The molecule has 1 aliphatic rings. The number of pyridine rings is 1. The Morgan fingerprint density at radius 1 is 1.36 bits per heavy atom. The number of Topliss-reactive ketones (excluding diaryl/α,β-unsaturated/α-hetero) is 1. The average molecular weight is 342 g/mol. The Bertz CT molecular complexity index is 742. The summed E-state index contributed by atoms with van der Waals surface area (Å²) in [5, 5.41) is 3.18. The van der Waals surface area contributed by atoms with E-state index in [1.807, 2.05) is 13.1 Å². The van der Waals surface area contributed by atoms with E-state index in [2.05, 4.69) is 16.4 Å². The van der Waals surface area contributed by atoms with E-state index in [1.165, 1.54) is 30.5 Å². The van der Waals surface area contributed by atoms with Gasteiger partial charge in [0.1, 0.15) is 5.82 Å². The number of ketones is 1. The van der Waals surface area contributed by atoms with E-state index in [1.54, 1.807) is 19.2 Å². The van der Waals surface area contributed by atoms with E-state index < -0.39 is 0 Å². The molecule has 0 aliphatic heterocycles. The maximum Gasteiger partial charge on any atom is 0.217 e. The molecule has 2 aromatic rings. The summed E-state index contributed by atoms with van der Waals surface area (Å²) in [6, 6.07) is 8.19. The van der Waals surface area contributed by atoms with Gasteiger partial charge in [-0.2, -0.15) is 0 Å². The van der Waals surface area contributed by atoms with Crippen LogP contribution >= 0.6 is 0 Å². The molecule has 0 radical (unpaired) electrons. The molecular formula is C20H23FN2O2. The molecule has 0 bridgehead atoms. The second kappa shape index (κ2) is 7.74. The van der Waals surface area contributed by atoms with Crippen LogP contribution in [-0.4, -0.2) is 24.4 Å². The van der Waals surface area contributed by atoms with Gasteiger partial charge in [0.05, 0.1) is 13.7 Å². The molecule has 25 heavy (non-hydrogen) atoms. The van der Waals surface area contributed by atoms with Gasteiger partial charge in [0.2, 0.25) is 5.88 Å². The van der Waals surface area contributed by atoms with Crippen molar-refractivity contribution in [2.45, 2.75) is 38.1 Å². The number of carbonyl (C=O) groups is 1. The minimum absolute atomic E-state index is 0.0666. The van der Waals surface area contributed by atoms with Crippen LogP contribution in [0.25, 0.3) is 0 Å². The Morgan fingerprint density at radius 3 is 2.72 bits per heavy atom. The Labute approximate surface area is 147 Å². The lowest BCUT2D eigenvalue weighted by Crippen LogP contribution is -2.26. The average Bonchev–Trinajstić information content (AvgIpc) is 3.46. The summed E-state index contributed by atoms with van der Waals surface area (Å²) in [5.41, 5.74) is 3.03. The Hall–Kier alpha value is -2.27. The van der Waals surface area contributed by atoms with E-state index in [-0.39, 0.29) is 24.1 Å². The fourth-order valence-corrected chi connectivity index (χ4v) is 2.88. The second-order valence-corrected chi connectivity index (χ2v) is 6.55. The molecule has 3 rings (SSSR count). The zero-order valence-corrected chi connectivity index (χ0v) is 14.6. The summed E-state index contributed by atoms with van der Waals surface area (Å²) in [6.07, 6.45) is 4.31. The summed E-state index contributed by atoms with van der Waals surface area (Å²) < 4.78 is 18.3. The third kappa shape index (κ3) is 4.42. The van der Waals surface area contributed by atoms with Crippen molar-refractivity contribution in [3.8, 4) is 5.88 Å². The van der Waals surface area contributed by atoms with Crippen molar-refractivity contribution >= 4 is 5.78 Å². The van der Waals surface area contributed by atoms with Gasteiger partial charge in [-0.05, 0) is 48.1 Å². The SMILES string of the molecule is COc1ncc(C2CC2)cc1CNCC(=O)[C@@H](C)c1ccc(F)cc1. The highest BCUT2D eigenvalue weighted by Gasteiger charge is 2.25. The Balaban J connectivity index is 1.57. The highest BCUT2D eigenvalue weighted by molar-refractivity contribution is 5.87. The maximum absolute atomic E-state index is 13.0. The first-order chi connectivity index (χ1) is 12.1. The summed E-state index contributed by atoms with van der Waals surface area (Å²) in [7, 11) is 1.60. The fraction of sp³-hybridized carbons (Fsp3) is 0.400. The first kappa shape index (κ1) is 17.5. The molecule has 4 nitrogen and oxygen atoms in total. The van der Waals surface area contributed by atoms with E-state index >= 15 is 0 Å². The molecule has 1 N–H and O–H groups in total. The molecule has 0 unspecified atom stereocenters. The Kier molecular flexibility index (Phi) is 5.43. The van der Waals surface area contributed by atoms with Crippen LogP contribution in [0.3, 0.4) is 0 Å². The smallest absolute Gasteiger partial charge is 0.217 e. The van der Waals surface area contributed by atoms with Crippen molar-refractivity contribution in [1.82, 2.24) is 10.3 Å². The number of hydrogen-bond donors (Lipinski definition) is 1. The van der Waals surface area contributed by atoms with Crippen molar-refractivity contribution in [3.05, 3.63) is 59.0 Å². The van der Waals surface area contributed by atoms with Crippen LogP contribution < -0.4 is 10.1 Å². The van der Waals surface area contributed by atoms with Crippen molar-refractivity contribution in [3.63, 3.8) is 0 Å². The van der Waals surface area contributed by atoms with Gasteiger partial charge in [0, 0.05) is 24.2 Å². The molecular weight excluding hydrogens is 319 g/mol. The number of aromatic nitrogens is 1. The molecule has 5 heteroatoms. The quantitative estimate of drug-likeness (QED) is 0.797. The van der Waals surface area contributed by atoms with E-state index in [4.69, 9.17) is 4.74 Å². The van der Waals surface area contributed by atoms with Crippen LogP contribution in [0.2, 0.25) is 0 Å². The molecule has 1 fully saturated rings. The van der Waals surface area contributed by atoms with Crippen molar-refractivity contribution < 1.29 is 13.9 Å². The fourth-order valence-electron chi connectivity index (χ4n) is 2.88. The largest absolute Gasteiger partial charge is 0.481 e. The zero-order valence-electron chi connectivity index (χ0n) is 14.6. The lowest BCUT2D eigenvalue weighted by Gasteiger charge is -2.13. The molecule has 0 spiro atoms. The van der Waals surface area contributed by atoms with E-state index in [9.17, 15) is 9.18 Å². The lowest BCUT2D eigenvalue weighted by molar-refractivity contribution is -0.119. The third-order valence-corrected chi connectivity index (χ3v) is 4.66. The zero-order chi connectivity index (χ0) is 17.8. The predicted octanol–water partition coefficient (Wildman–Crippen LogP) is 3.57. The topological polar surface area (TPSA) is 51.2 Å².